The lowest BCUT2D eigenvalue weighted by molar-refractivity contribution is 0.100. The van der Waals surface area contributed by atoms with Crippen LogP contribution in [-0.2, 0) is 33.1 Å². The third-order valence-corrected chi connectivity index (χ3v) is 14.4. The van der Waals surface area contributed by atoms with Crippen molar-refractivity contribution in [2.45, 2.75) is 58.0 Å². The fourth-order valence-corrected chi connectivity index (χ4v) is 10.4. The molecule has 2 N–H and O–H groups in total. The van der Waals surface area contributed by atoms with Crippen molar-refractivity contribution >= 4 is 37.2 Å². The average molecular weight is 892 g/mol. The van der Waals surface area contributed by atoms with Crippen molar-refractivity contribution in [3.05, 3.63) is 132 Å². The number of carbonyl (C=O) groups is 1. The Bertz CT molecular complexity index is 2360. The number of benzene rings is 4. The van der Waals surface area contributed by atoms with E-state index in [1.54, 1.807) is 60.7 Å². The number of carbonyl (C=O) groups excluding carboxylic acids is 1. The summed E-state index contributed by atoms with van der Waals surface area (Å²) < 4.78 is 86.4. The summed E-state index contributed by atoms with van der Waals surface area (Å²) in [7, 11) is -7.07. The number of alkyl halides is 2. The molecule has 0 amide bonds. The summed E-state index contributed by atoms with van der Waals surface area (Å²) >= 11 is 0. The summed E-state index contributed by atoms with van der Waals surface area (Å²) in [6, 6.07) is 31.9. The number of anilines is 2. The zero-order valence-corrected chi connectivity index (χ0v) is 36.4. The van der Waals surface area contributed by atoms with Crippen molar-refractivity contribution in [2.75, 3.05) is 65.9 Å². The molecule has 1 aromatic heterocycles. The Labute approximate surface area is 363 Å². The summed E-state index contributed by atoms with van der Waals surface area (Å²) in [5.74, 6) is -0.745. The van der Waals surface area contributed by atoms with E-state index in [1.165, 1.54) is 21.5 Å². The number of nitrogens with zero attached hydrogens (tertiary/aromatic N) is 6. The van der Waals surface area contributed by atoms with Gasteiger partial charge in [-0.25, -0.2) is 16.8 Å². The molecule has 0 aliphatic carbocycles. The Morgan fingerprint density at radius 2 is 1.06 bits per heavy atom. The van der Waals surface area contributed by atoms with Gasteiger partial charge in [-0.05, 0) is 99.4 Å². The molecule has 7 rings (SSSR count). The normalized spacial score (nSPS) is 15.2. The third kappa shape index (κ3) is 13.2. The largest absolute Gasteiger partial charge is 0.415 e. The molecule has 5 aromatic rings. The molecule has 4 aromatic carbocycles. The molecular formula is C45H55F2N7O6S2. The highest BCUT2D eigenvalue weighted by Crippen LogP contribution is 2.27. The number of likely N-dealkylation sites (tertiary alicyclic amines) is 2. The molecule has 3 heterocycles. The number of piperidine rings is 2. The van der Waals surface area contributed by atoms with E-state index in [-0.39, 0.29) is 42.8 Å². The van der Waals surface area contributed by atoms with Crippen LogP contribution in [0, 0.1) is 0 Å². The summed E-state index contributed by atoms with van der Waals surface area (Å²) in [5.41, 5.74) is 9.24. The molecule has 332 valence electrons. The van der Waals surface area contributed by atoms with Crippen molar-refractivity contribution in [1.82, 2.24) is 20.0 Å². The summed E-state index contributed by atoms with van der Waals surface area (Å²) in [6.07, 6.45) is 4.07. The standard InChI is InChI=1S/C23H26F2N4O3S.C22H29N3O3S/c24-21(25)23-27-26-22(32-23)19-11-9-18(10-12-19)17-29(20-7-3-1-4-8-20)33(30,31)16-15-28-13-5-2-6-14-28;23-17-22(26)20-11-9-19(10-12-20)18-25(21-7-3-1-4-8-21)29(27,28)16-15-24-13-5-2-6-14-24/h1,3-4,7-12,21H,2,5-6,13-17H2;1,3-4,7-12H,2,5-6,13-18,23H2. The first-order chi connectivity index (χ1) is 29.9. The van der Waals surface area contributed by atoms with Crippen LogP contribution in [0.5, 0.6) is 0 Å². The van der Waals surface area contributed by atoms with Crippen molar-refractivity contribution in [3.63, 3.8) is 0 Å². The van der Waals surface area contributed by atoms with E-state index in [1.807, 2.05) is 48.5 Å². The molecule has 0 saturated carbocycles. The van der Waals surface area contributed by atoms with Crippen molar-refractivity contribution in [2.24, 2.45) is 5.73 Å². The van der Waals surface area contributed by atoms with Crippen LogP contribution in [0.4, 0.5) is 20.2 Å². The Hall–Kier alpha value is -5.07. The van der Waals surface area contributed by atoms with Gasteiger partial charge in [-0.15, -0.1) is 10.2 Å². The van der Waals surface area contributed by atoms with Crippen molar-refractivity contribution < 1.29 is 34.8 Å². The van der Waals surface area contributed by atoms with Gasteiger partial charge in [-0.3, -0.25) is 13.4 Å². The minimum atomic E-state index is -3.57. The average Bonchev–Trinajstić information content (AvgIpc) is 3.82. The van der Waals surface area contributed by atoms with Crippen LogP contribution in [0.15, 0.2) is 114 Å². The quantitative estimate of drug-likeness (QED) is 0.0890. The number of aromatic nitrogens is 2. The van der Waals surface area contributed by atoms with Gasteiger partial charge in [0.25, 0.3) is 5.89 Å². The summed E-state index contributed by atoms with van der Waals surface area (Å²) in [6.45, 7) is 5.21. The predicted molar refractivity (Wildman–Crippen MR) is 238 cm³/mol. The molecule has 62 heavy (non-hydrogen) atoms. The smallest absolute Gasteiger partial charge is 0.314 e. The molecule has 0 bridgehead atoms. The second-order valence-electron chi connectivity index (χ2n) is 15.4. The molecule has 2 aliphatic heterocycles. The van der Waals surface area contributed by atoms with Gasteiger partial charge in [0.1, 0.15) is 0 Å². The van der Waals surface area contributed by atoms with E-state index in [9.17, 15) is 30.4 Å². The van der Waals surface area contributed by atoms with Crippen LogP contribution in [-0.4, -0.2) is 99.9 Å². The zero-order chi connectivity index (χ0) is 44.0. The van der Waals surface area contributed by atoms with E-state index in [4.69, 9.17) is 10.2 Å². The van der Waals surface area contributed by atoms with E-state index >= 15 is 0 Å². The first-order valence-electron chi connectivity index (χ1n) is 21.0. The number of Topliss-reactive ketones (excluding diaryl/α,β-unsaturated/α-hetero) is 1. The fourth-order valence-electron chi connectivity index (χ4n) is 7.40. The van der Waals surface area contributed by atoms with Gasteiger partial charge in [0.05, 0.1) is 42.5 Å². The molecule has 0 atom stereocenters. The Morgan fingerprint density at radius 1 is 0.629 bits per heavy atom. The second-order valence-corrected chi connectivity index (χ2v) is 19.4. The molecule has 2 fully saturated rings. The first-order valence-corrected chi connectivity index (χ1v) is 24.2. The number of hydrogen-bond acceptors (Lipinski definition) is 11. The van der Waals surface area contributed by atoms with Gasteiger partial charge in [0.2, 0.25) is 25.9 Å². The van der Waals surface area contributed by atoms with E-state index < -0.39 is 32.4 Å². The van der Waals surface area contributed by atoms with Crippen LogP contribution in [0.1, 0.15) is 72.3 Å². The third-order valence-electron chi connectivity index (χ3n) is 10.9. The molecular weight excluding hydrogens is 837 g/mol. The highest BCUT2D eigenvalue weighted by Gasteiger charge is 2.26. The van der Waals surface area contributed by atoms with Gasteiger partial charge < -0.3 is 20.0 Å². The molecule has 13 nitrogen and oxygen atoms in total. The number of halogens is 2. The summed E-state index contributed by atoms with van der Waals surface area (Å²) in [5, 5.41) is 6.98. The number of rotatable bonds is 18. The minimum absolute atomic E-state index is 0.00841. The Balaban J connectivity index is 0.000000209. The monoisotopic (exact) mass is 891 g/mol. The number of para-hydroxylation sites is 2. The van der Waals surface area contributed by atoms with Crippen molar-refractivity contribution in [1.29, 1.82) is 0 Å². The maximum absolute atomic E-state index is 13.3. The fraction of sp³-hybridized carbons (Fsp3) is 0.400. The van der Waals surface area contributed by atoms with Crippen LogP contribution >= 0.6 is 0 Å². The SMILES string of the molecule is NCC(=O)c1ccc(CN(c2ccccc2)S(=O)(=O)CCN2CCCCC2)cc1.O=S(=O)(CCN1CCCCC1)N(Cc1ccc(-c2nnc(C(F)F)o2)cc1)c1ccccc1. The number of ketones is 1. The number of nitrogens with two attached hydrogens (primary N) is 1. The molecule has 2 aliphatic rings. The van der Waals surface area contributed by atoms with Crippen LogP contribution in [0.3, 0.4) is 0 Å². The topological polar surface area (TPSA) is 163 Å². The van der Waals surface area contributed by atoms with Crippen LogP contribution in [0.25, 0.3) is 11.5 Å². The highest BCUT2D eigenvalue weighted by atomic mass is 32.2. The van der Waals surface area contributed by atoms with E-state index in [0.29, 0.717) is 35.6 Å². The zero-order valence-electron chi connectivity index (χ0n) is 34.8. The van der Waals surface area contributed by atoms with Gasteiger partial charge in [0, 0.05) is 24.2 Å². The molecule has 2 saturated heterocycles. The maximum Gasteiger partial charge on any atom is 0.314 e. The molecule has 0 unspecified atom stereocenters. The van der Waals surface area contributed by atoms with Gasteiger partial charge >= 0.3 is 6.43 Å². The highest BCUT2D eigenvalue weighted by molar-refractivity contribution is 7.93. The maximum atomic E-state index is 13.3. The van der Waals surface area contributed by atoms with Crippen molar-refractivity contribution in [3.8, 4) is 11.5 Å². The Morgan fingerprint density at radius 3 is 1.47 bits per heavy atom. The second kappa shape index (κ2) is 22.3. The van der Waals surface area contributed by atoms with Crippen LogP contribution < -0.4 is 14.3 Å². The van der Waals surface area contributed by atoms with E-state index in [0.717, 1.165) is 63.0 Å². The first kappa shape index (κ1) is 46.4. The minimum Gasteiger partial charge on any atom is -0.415 e. The lowest BCUT2D eigenvalue weighted by Crippen LogP contribution is -2.39. The lowest BCUT2D eigenvalue weighted by atomic mass is 10.1. The predicted octanol–water partition coefficient (Wildman–Crippen LogP) is 7.15. The van der Waals surface area contributed by atoms with E-state index in [2.05, 4.69) is 20.0 Å². The molecule has 0 radical (unpaired) electrons. The Kier molecular flexibility index (Phi) is 16.7. The summed E-state index contributed by atoms with van der Waals surface area (Å²) in [4.78, 5) is 16.2. The molecule has 0 spiro atoms. The molecule has 17 heteroatoms. The number of sulfonamides is 2. The lowest BCUT2D eigenvalue weighted by Gasteiger charge is -2.29. The van der Waals surface area contributed by atoms with Gasteiger partial charge in [-0.1, -0.05) is 85.6 Å². The number of hydrogen-bond donors (Lipinski definition) is 1. The van der Waals surface area contributed by atoms with Gasteiger partial charge in [0.15, 0.2) is 5.78 Å². The van der Waals surface area contributed by atoms with Crippen LogP contribution in [0.2, 0.25) is 0 Å². The van der Waals surface area contributed by atoms with Gasteiger partial charge in [-0.2, -0.15) is 8.78 Å².